The van der Waals surface area contributed by atoms with E-state index in [-0.39, 0.29) is 5.91 Å². The second-order valence-electron chi connectivity index (χ2n) is 6.11. The van der Waals surface area contributed by atoms with Gasteiger partial charge in [-0.05, 0) is 24.5 Å². The first kappa shape index (κ1) is 18.7. The number of nitrogens with zero attached hydrogens (tertiary/aromatic N) is 4. The number of aromatic nitrogens is 3. The number of hydrogen-bond donors (Lipinski definition) is 0. The summed E-state index contributed by atoms with van der Waals surface area (Å²) >= 11 is 7.59. The number of ether oxygens (including phenoxy) is 1. The van der Waals surface area contributed by atoms with Crippen molar-refractivity contribution < 1.29 is 9.53 Å². The Hall–Kier alpha value is -2.64. The monoisotopic (exact) mass is 412 g/mol. The van der Waals surface area contributed by atoms with Crippen molar-refractivity contribution in [1.82, 2.24) is 15.2 Å². The molecular formula is C20H17ClN4O2S. The number of para-hydroxylation sites is 1. The van der Waals surface area contributed by atoms with E-state index in [4.69, 9.17) is 16.3 Å². The molecular weight excluding hydrogens is 396 g/mol. The van der Waals surface area contributed by atoms with Crippen molar-refractivity contribution in [2.24, 2.45) is 0 Å². The van der Waals surface area contributed by atoms with Gasteiger partial charge in [-0.2, -0.15) is 4.98 Å². The van der Waals surface area contributed by atoms with Crippen LogP contribution in [0.5, 0.6) is 5.88 Å². The number of hydrogen-bond acceptors (Lipinski definition) is 6. The van der Waals surface area contributed by atoms with Crippen molar-refractivity contribution in [2.45, 2.75) is 24.7 Å². The molecule has 0 bridgehead atoms. The van der Waals surface area contributed by atoms with Gasteiger partial charge in [0.2, 0.25) is 23.2 Å². The number of carbonyl (C=O) groups excluding carboxylic acids is 1. The van der Waals surface area contributed by atoms with Gasteiger partial charge in [0.1, 0.15) is 0 Å². The lowest BCUT2D eigenvalue weighted by Crippen LogP contribution is -2.37. The molecule has 4 rings (SSSR count). The summed E-state index contributed by atoms with van der Waals surface area (Å²) in [7, 11) is 0. The molecule has 1 amide bonds. The Kier molecular flexibility index (Phi) is 5.19. The van der Waals surface area contributed by atoms with Gasteiger partial charge in [-0.3, -0.25) is 9.69 Å². The maximum Gasteiger partial charge on any atom is 0.247 e. The molecule has 28 heavy (non-hydrogen) atoms. The second kappa shape index (κ2) is 7.77. The van der Waals surface area contributed by atoms with Crippen LogP contribution < -0.4 is 9.64 Å². The van der Waals surface area contributed by atoms with Gasteiger partial charge < -0.3 is 4.74 Å². The van der Waals surface area contributed by atoms with Crippen LogP contribution in [0.1, 0.15) is 25.1 Å². The van der Waals surface area contributed by atoms with Gasteiger partial charge in [0.05, 0.1) is 5.69 Å². The SMILES string of the molecule is CCC(=O)N1c2ccccc2-c2nnc(SC)nc2O[C@H]1c1cccc(Cl)c1. The molecule has 0 unspecified atom stereocenters. The van der Waals surface area contributed by atoms with Gasteiger partial charge in [0.25, 0.3) is 0 Å². The molecule has 8 heteroatoms. The molecule has 1 atom stereocenters. The molecule has 1 aromatic heterocycles. The minimum Gasteiger partial charge on any atom is -0.447 e. The summed E-state index contributed by atoms with van der Waals surface area (Å²) in [6, 6.07) is 14.8. The Labute approximate surface area is 171 Å². The molecule has 0 N–H and O–H groups in total. The number of amides is 1. The molecule has 3 aromatic rings. The normalized spacial score (nSPS) is 15.2. The number of halogens is 1. The van der Waals surface area contributed by atoms with Crippen LogP contribution in [0.2, 0.25) is 5.02 Å². The summed E-state index contributed by atoms with van der Waals surface area (Å²) in [5, 5.41) is 9.54. The number of thioether (sulfide) groups is 1. The zero-order valence-electron chi connectivity index (χ0n) is 15.3. The van der Waals surface area contributed by atoms with Crippen molar-refractivity contribution >= 4 is 35.0 Å². The highest BCUT2D eigenvalue weighted by Crippen LogP contribution is 2.43. The lowest BCUT2D eigenvalue weighted by atomic mass is 10.1. The molecule has 2 heterocycles. The molecule has 0 aliphatic carbocycles. The number of fused-ring (bicyclic) bond motifs is 3. The third-order valence-corrected chi connectivity index (χ3v) is 5.17. The summed E-state index contributed by atoms with van der Waals surface area (Å²) in [6.07, 6.45) is 1.47. The molecule has 0 saturated carbocycles. The van der Waals surface area contributed by atoms with Gasteiger partial charge in [-0.1, -0.05) is 60.6 Å². The smallest absolute Gasteiger partial charge is 0.247 e. The van der Waals surface area contributed by atoms with E-state index < -0.39 is 6.23 Å². The molecule has 142 valence electrons. The van der Waals surface area contributed by atoms with Crippen molar-refractivity contribution in [3.63, 3.8) is 0 Å². The molecule has 1 aliphatic heterocycles. The zero-order chi connectivity index (χ0) is 19.7. The Morgan fingerprint density at radius 3 is 2.79 bits per heavy atom. The third-order valence-electron chi connectivity index (χ3n) is 4.40. The van der Waals surface area contributed by atoms with E-state index in [1.165, 1.54) is 11.8 Å². The Bertz CT molecular complexity index is 1050. The fourth-order valence-corrected chi connectivity index (χ4v) is 3.61. The molecule has 0 fully saturated rings. The van der Waals surface area contributed by atoms with E-state index in [0.29, 0.717) is 33.9 Å². The molecule has 2 aromatic carbocycles. The zero-order valence-corrected chi connectivity index (χ0v) is 16.9. The van der Waals surface area contributed by atoms with Crippen LogP contribution >= 0.6 is 23.4 Å². The number of carbonyl (C=O) groups is 1. The number of benzene rings is 2. The summed E-state index contributed by atoms with van der Waals surface area (Å²) in [4.78, 5) is 19.1. The van der Waals surface area contributed by atoms with E-state index >= 15 is 0 Å². The number of rotatable bonds is 3. The van der Waals surface area contributed by atoms with Gasteiger partial charge in [-0.15, -0.1) is 10.2 Å². The molecule has 1 aliphatic rings. The highest BCUT2D eigenvalue weighted by atomic mass is 35.5. The average Bonchev–Trinajstić information content (AvgIpc) is 2.87. The maximum absolute atomic E-state index is 13.0. The van der Waals surface area contributed by atoms with Crippen molar-refractivity contribution in [2.75, 3.05) is 11.2 Å². The summed E-state index contributed by atoms with van der Waals surface area (Å²) in [5.74, 6) is 0.256. The molecule has 0 spiro atoms. The topological polar surface area (TPSA) is 68.2 Å². The number of anilines is 1. The van der Waals surface area contributed by atoms with E-state index in [1.807, 2.05) is 49.6 Å². The van der Waals surface area contributed by atoms with Gasteiger partial charge in [-0.25, -0.2) is 0 Å². The summed E-state index contributed by atoms with van der Waals surface area (Å²) < 4.78 is 6.28. The van der Waals surface area contributed by atoms with Gasteiger partial charge in [0.15, 0.2) is 5.69 Å². The fourth-order valence-electron chi connectivity index (χ4n) is 3.12. The standard InChI is InChI=1S/C20H17ClN4O2S/c1-3-16(26)25-15-10-5-4-9-14(15)17-18(22-20(28-2)24-23-17)27-19(25)12-7-6-8-13(21)11-12/h4-11,19H,3H2,1-2H3/t19-/m0/s1. The lowest BCUT2D eigenvalue weighted by molar-refractivity contribution is -0.120. The van der Waals surface area contributed by atoms with Crippen LogP contribution in [0, 0.1) is 0 Å². The van der Waals surface area contributed by atoms with Crippen molar-refractivity contribution in [3.05, 3.63) is 59.1 Å². The fraction of sp³-hybridized carbons (Fsp3) is 0.200. The maximum atomic E-state index is 13.0. The molecule has 0 radical (unpaired) electrons. The second-order valence-corrected chi connectivity index (χ2v) is 7.32. The van der Waals surface area contributed by atoms with Crippen LogP contribution in [0.25, 0.3) is 11.3 Å². The summed E-state index contributed by atoms with van der Waals surface area (Å²) in [5.41, 5.74) is 2.70. The predicted molar refractivity (Wildman–Crippen MR) is 110 cm³/mol. The highest BCUT2D eigenvalue weighted by Gasteiger charge is 2.35. The largest absolute Gasteiger partial charge is 0.447 e. The average molecular weight is 413 g/mol. The van der Waals surface area contributed by atoms with Crippen molar-refractivity contribution in [3.8, 4) is 17.1 Å². The third kappa shape index (κ3) is 3.31. The highest BCUT2D eigenvalue weighted by molar-refractivity contribution is 7.98. The lowest BCUT2D eigenvalue weighted by Gasteiger charge is -2.30. The minimum absolute atomic E-state index is 0.0803. The van der Waals surface area contributed by atoms with E-state index in [1.54, 1.807) is 17.0 Å². The van der Waals surface area contributed by atoms with Crippen LogP contribution in [0.3, 0.4) is 0 Å². The minimum atomic E-state index is -0.722. The Morgan fingerprint density at radius 2 is 2.04 bits per heavy atom. The Balaban J connectivity index is 1.98. The van der Waals surface area contributed by atoms with Crippen LogP contribution in [0.15, 0.2) is 53.7 Å². The molecule has 6 nitrogen and oxygen atoms in total. The first-order valence-electron chi connectivity index (χ1n) is 8.74. The van der Waals surface area contributed by atoms with Crippen LogP contribution in [0.4, 0.5) is 5.69 Å². The van der Waals surface area contributed by atoms with Crippen LogP contribution in [-0.4, -0.2) is 27.3 Å². The van der Waals surface area contributed by atoms with E-state index in [9.17, 15) is 4.79 Å². The van der Waals surface area contributed by atoms with E-state index in [2.05, 4.69) is 15.2 Å². The first-order chi connectivity index (χ1) is 13.6. The molecule has 0 saturated heterocycles. The van der Waals surface area contributed by atoms with Crippen molar-refractivity contribution in [1.29, 1.82) is 0 Å². The van der Waals surface area contributed by atoms with Gasteiger partial charge in [0, 0.05) is 22.6 Å². The summed E-state index contributed by atoms with van der Waals surface area (Å²) in [6.45, 7) is 1.82. The Morgan fingerprint density at radius 1 is 1.21 bits per heavy atom. The van der Waals surface area contributed by atoms with E-state index in [0.717, 1.165) is 11.1 Å². The predicted octanol–water partition coefficient (Wildman–Crippen LogP) is 4.75. The van der Waals surface area contributed by atoms with Crippen LogP contribution in [-0.2, 0) is 4.79 Å². The first-order valence-corrected chi connectivity index (χ1v) is 10.3. The quantitative estimate of drug-likeness (QED) is 0.578. The van der Waals surface area contributed by atoms with Gasteiger partial charge >= 0.3 is 0 Å².